The number of rotatable bonds is 3. The van der Waals surface area contributed by atoms with Gasteiger partial charge in [-0.25, -0.2) is 0 Å². The molecule has 0 aliphatic carbocycles. The van der Waals surface area contributed by atoms with Crippen LogP contribution in [0.1, 0.15) is 17.2 Å². The number of benzene rings is 1. The van der Waals surface area contributed by atoms with Gasteiger partial charge in [0.15, 0.2) is 0 Å². The SMILES string of the molecule is COc1cccc(N2CC(N)CC(c3cccs3)C2)c1. The zero-order valence-electron chi connectivity index (χ0n) is 11.7. The van der Waals surface area contributed by atoms with E-state index in [1.807, 2.05) is 23.5 Å². The average molecular weight is 288 g/mol. The van der Waals surface area contributed by atoms with E-state index >= 15 is 0 Å². The van der Waals surface area contributed by atoms with E-state index in [1.54, 1.807) is 7.11 Å². The van der Waals surface area contributed by atoms with Crippen molar-refractivity contribution in [3.8, 4) is 5.75 Å². The van der Waals surface area contributed by atoms with E-state index in [-0.39, 0.29) is 6.04 Å². The van der Waals surface area contributed by atoms with Crippen LogP contribution in [0.3, 0.4) is 0 Å². The number of nitrogens with two attached hydrogens (primary N) is 1. The highest BCUT2D eigenvalue weighted by Gasteiger charge is 2.27. The predicted molar refractivity (Wildman–Crippen MR) is 84.9 cm³/mol. The first-order valence-corrected chi connectivity index (χ1v) is 7.82. The lowest BCUT2D eigenvalue weighted by molar-refractivity contribution is 0.413. The molecule has 0 radical (unpaired) electrons. The Morgan fingerprint density at radius 1 is 1.25 bits per heavy atom. The van der Waals surface area contributed by atoms with Gasteiger partial charge in [0.05, 0.1) is 7.11 Å². The smallest absolute Gasteiger partial charge is 0.120 e. The van der Waals surface area contributed by atoms with Crippen molar-refractivity contribution >= 4 is 17.0 Å². The van der Waals surface area contributed by atoms with E-state index in [2.05, 4.69) is 34.5 Å². The Hall–Kier alpha value is -1.52. The van der Waals surface area contributed by atoms with Crippen molar-refractivity contribution in [2.75, 3.05) is 25.1 Å². The van der Waals surface area contributed by atoms with Crippen LogP contribution >= 0.6 is 11.3 Å². The standard InChI is InChI=1S/C16H20N2OS/c1-19-15-5-2-4-14(9-15)18-10-12(8-13(17)11-18)16-6-3-7-20-16/h2-7,9,12-13H,8,10-11,17H2,1H3. The van der Waals surface area contributed by atoms with E-state index in [1.165, 1.54) is 10.6 Å². The second kappa shape index (κ2) is 5.85. The van der Waals surface area contributed by atoms with Gasteiger partial charge in [0.25, 0.3) is 0 Å². The van der Waals surface area contributed by atoms with Crippen molar-refractivity contribution in [3.63, 3.8) is 0 Å². The van der Waals surface area contributed by atoms with E-state index < -0.39 is 0 Å². The molecule has 1 saturated heterocycles. The molecule has 20 heavy (non-hydrogen) atoms. The fraction of sp³-hybridized carbons (Fsp3) is 0.375. The van der Waals surface area contributed by atoms with Crippen molar-refractivity contribution in [2.24, 2.45) is 5.73 Å². The van der Waals surface area contributed by atoms with Crippen LogP contribution in [0.15, 0.2) is 41.8 Å². The van der Waals surface area contributed by atoms with Gasteiger partial charge in [0.2, 0.25) is 0 Å². The largest absolute Gasteiger partial charge is 0.497 e. The number of hydrogen-bond donors (Lipinski definition) is 1. The number of piperidine rings is 1. The molecule has 2 N–H and O–H groups in total. The van der Waals surface area contributed by atoms with Crippen LogP contribution in [-0.4, -0.2) is 26.2 Å². The molecule has 3 rings (SSSR count). The third kappa shape index (κ3) is 2.81. The third-order valence-electron chi connectivity index (χ3n) is 3.85. The zero-order valence-corrected chi connectivity index (χ0v) is 12.5. The molecular weight excluding hydrogens is 268 g/mol. The molecule has 3 nitrogen and oxygen atoms in total. The Morgan fingerprint density at radius 2 is 2.15 bits per heavy atom. The molecule has 1 aliphatic heterocycles. The van der Waals surface area contributed by atoms with Gasteiger partial charge in [0, 0.05) is 41.7 Å². The molecule has 1 aromatic carbocycles. The summed E-state index contributed by atoms with van der Waals surface area (Å²) in [4.78, 5) is 3.81. The molecule has 0 amide bonds. The van der Waals surface area contributed by atoms with Crippen LogP contribution in [0, 0.1) is 0 Å². The normalized spacial score (nSPS) is 22.8. The molecule has 2 aromatic rings. The first-order chi connectivity index (χ1) is 9.76. The van der Waals surface area contributed by atoms with Gasteiger partial charge in [-0.15, -0.1) is 11.3 Å². The summed E-state index contributed by atoms with van der Waals surface area (Å²) in [5, 5.41) is 2.14. The summed E-state index contributed by atoms with van der Waals surface area (Å²) in [5.74, 6) is 1.43. The van der Waals surface area contributed by atoms with Crippen molar-refractivity contribution < 1.29 is 4.74 Å². The second-order valence-electron chi connectivity index (χ2n) is 5.31. The van der Waals surface area contributed by atoms with E-state index in [9.17, 15) is 0 Å². The van der Waals surface area contributed by atoms with Crippen molar-refractivity contribution in [3.05, 3.63) is 46.7 Å². The molecule has 106 valence electrons. The van der Waals surface area contributed by atoms with Crippen LogP contribution in [-0.2, 0) is 0 Å². The molecule has 0 bridgehead atoms. The molecule has 1 aliphatic rings. The summed E-state index contributed by atoms with van der Waals surface area (Å²) < 4.78 is 5.32. The number of thiophene rings is 1. The third-order valence-corrected chi connectivity index (χ3v) is 4.88. The van der Waals surface area contributed by atoms with Crippen LogP contribution in [0.25, 0.3) is 0 Å². The average Bonchev–Trinajstić information content (AvgIpc) is 3.01. The Kier molecular flexibility index (Phi) is 3.94. The molecule has 2 atom stereocenters. The molecule has 0 saturated carbocycles. The van der Waals surface area contributed by atoms with Crippen LogP contribution in [0.4, 0.5) is 5.69 Å². The van der Waals surface area contributed by atoms with Crippen molar-refractivity contribution in [1.82, 2.24) is 0 Å². The summed E-state index contributed by atoms with van der Waals surface area (Å²) in [7, 11) is 1.70. The second-order valence-corrected chi connectivity index (χ2v) is 6.29. The van der Waals surface area contributed by atoms with E-state index in [0.29, 0.717) is 5.92 Å². The molecule has 1 aromatic heterocycles. The highest BCUT2D eigenvalue weighted by atomic mass is 32.1. The molecule has 2 unspecified atom stereocenters. The van der Waals surface area contributed by atoms with Crippen molar-refractivity contribution in [2.45, 2.75) is 18.4 Å². The lowest BCUT2D eigenvalue weighted by atomic mass is 9.93. The molecule has 0 spiro atoms. The van der Waals surface area contributed by atoms with Crippen molar-refractivity contribution in [1.29, 1.82) is 0 Å². The Bertz CT molecular complexity index is 555. The van der Waals surface area contributed by atoms with Gasteiger partial charge in [-0.2, -0.15) is 0 Å². The molecule has 2 heterocycles. The zero-order chi connectivity index (χ0) is 13.9. The number of ether oxygens (including phenoxy) is 1. The summed E-state index contributed by atoms with van der Waals surface area (Å²) in [5.41, 5.74) is 7.46. The minimum atomic E-state index is 0.224. The Morgan fingerprint density at radius 3 is 2.90 bits per heavy atom. The predicted octanol–water partition coefficient (Wildman–Crippen LogP) is 3.08. The number of methoxy groups -OCH3 is 1. The maximum absolute atomic E-state index is 6.26. The summed E-state index contributed by atoms with van der Waals surface area (Å²) in [6.07, 6.45) is 1.07. The van der Waals surface area contributed by atoms with Crippen LogP contribution in [0.5, 0.6) is 5.75 Å². The summed E-state index contributed by atoms with van der Waals surface area (Å²) >= 11 is 1.83. The lowest BCUT2D eigenvalue weighted by Gasteiger charge is -2.37. The number of anilines is 1. The fourth-order valence-electron chi connectivity index (χ4n) is 2.89. The quantitative estimate of drug-likeness (QED) is 0.943. The first kappa shape index (κ1) is 13.5. The minimum Gasteiger partial charge on any atom is -0.497 e. The topological polar surface area (TPSA) is 38.5 Å². The summed E-state index contributed by atoms with van der Waals surface area (Å²) in [6, 6.07) is 12.8. The number of nitrogens with zero attached hydrogens (tertiary/aromatic N) is 1. The van der Waals surface area contributed by atoms with Gasteiger partial charge in [0.1, 0.15) is 5.75 Å². The van der Waals surface area contributed by atoms with Gasteiger partial charge in [-0.1, -0.05) is 12.1 Å². The van der Waals surface area contributed by atoms with E-state index in [0.717, 1.165) is 25.3 Å². The highest BCUT2D eigenvalue weighted by molar-refractivity contribution is 7.10. The Labute approximate surface area is 124 Å². The maximum atomic E-state index is 6.26. The lowest BCUT2D eigenvalue weighted by Crippen LogP contribution is -2.46. The molecule has 1 fully saturated rings. The Balaban J connectivity index is 1.82. The van der Waals surface area contributed by atoms with Gasteiger partial charge in [-0.05, 0) is 30.0 Å². The molecule has 4 heteroatoms. The van der Waals surface area contributed by atoms with Gasteiger partial charge < -0.3 is 15.4 Å². The minimum absolute atomic E-state index is 0.224. The van der Waals surface area contributed by atoms with Gasteiger partial charge in [-0.3, -0.25) is 0 Å². The highest BCUT2D eigenvalue weighted by Crippen LogP contribution is 2.32. The monoisotopic (exact) mass is 288 g/mol. The number of hydrogen-bond acceptors (Lipinski definition) is 4. The maximum Gasteiger partial charge on any atom is 0.120 e. The van der Waals surface area contributed by atoms with Crippen LogP contribution < -0.4 is 15.4 Å². The van der Waals surface area contributed by atoms with E-state index in [4.69, 9.17) is 10.5 Å². The molecular formula is C16H20N2OS. The fourth-order valence-corrected chi connectivity index (χ4v) is 3.72. The van der Waals surface area contributed by atoms with Gasteiger partial charge >= 0.3 is 0 Å². The first-order valence-electron chi connectivity index (χ1n) is 6.94. The summed E-state index contributed by atoms with van der Waals surface area (Å²) in [6.45, 7) is 1.94. The van der Waals surface area contributed by atoms with Crippen LogP contribution in [0.2, 0.25) is 0 Å².